The molecular formula is C15H21Hf-3. The standard InChI is InChI=1S/C13H15.2CH3.Hf/c1-3-6-12-10(2)9-11-7-4-5-8-13(11)12;;;/h4-5,7-9H,3,6H2,1-2H3;2*1H3;/q3*-1;. The maximum absolute atomic E-state index is 2.29. The number of fused-ring (bicyclic) bond motifs is 1. The summed E-state index contributed by atoms with van der Waals surface area (Å²) in [4.78, 5) is 0. The number of rotatable bonds is 2. The third kappa shape index (κ3) is 3.35. The van der Waals surface area contributed by atoms with Crippen LogP contribution >= 0.6 is 0 Å². The third-order valence-corrected chi connectivity index (χ3v) is 2.63. The van der Waals surface area contributed by atoms with Crippen LogP contribution in [0.2, 0.25) is 0 Å². The molecule has 0 saturated heterocycles. The molecule has 0 unspecified atom stereocenters. The molecule has 0 heterocycles. The van der Waals surface area contributed by atoms with Gasteiger partial charge in [-0.05, 0) is 0 Å². The molecule has 0 aliphatic carbocycles. The first-order chi connectivity index (χ1) is 6.33. The van der Waals surface area contributed by atoms with Crippen LogP contribution in [0.5, 0.6) is 0 Å². The summed E-state index contributed by atoms with van der Waals surface area (Å²) in [6.45, 7) is 4.45. The summed E-state index contributed by atoms with van der Waals surface area (Å²) in [5.41, 5.74) is 2.99. The zero-order valence-corrected chi connectivity index (χ0v) is 14.4. The average Bonchev–Trinajstić information content (AvgIpc) is 2.44. The summed E-state index contributed by atoms with van der Waals surface area (Å²) in [5.74, 6) is 0. The van der Waals surface area contributed by atoms with Crippen molar-refractivity contribution in [1.29, 1.82) is 0 Å². The first kappa shape index (κ1) is 18.1. The van der Waals surface area contributed by atoms with Crippen molar-refractivity contribution in [2.24, 2.45) is 0 Å². The summed E-state index contributed by atoms with van der Waals surface area (Å²) in [6, 6.07) is 11.0. The second kappa shape index (κ2) is 7.89. The minimum atomic E-state index is 0. The van der Waals surface area contributed by atoms with Crippen molar-refractivity contribution in [2.75, 3.05) is 0 Å². The molecule has 2 aromatic rings. The van der Waals surface area contributed by atoms with Gasteiger partial charge in [0.05, 0.1) is 0 Å². The van der Waals surface area contributed by atoms with E-state index < -0.39 is 0 Å². The Hall–Kier alpha value is -0.300. The van der Waals surface area contributed by atoms with Gasteiger partial charge in [-0.25, -0.2) is 0 Å². The smallest absolute Gasteiger partial charge is 0 e. The molecule has 16 heavy (non-hydrogen) atoms. The normalized spacial score (nSPS) is 8.88. The Balaban J connectivity index is 0. The molecule has 0 aliphatic rings. The Labute approximate surface area is 119 Å². The van der Waals surface area contributed by atoms with Gasteiger partial charge in [0.1, 0.15) is 0 Å². The van der Waals surface area contributed by atoms with E-state index in [1.54, 1.807) is 0 Å². The van der Waals surface area contributed by atoms with E-state index >= 15 is 0 Å². The monoisotopic (exact) mass is 381 g/mol. The van der Waals surface area contributed by atoms with Crippen LogP contribution in [0.25, 0.3) is 10.8 Å². The van der Waals surface area contributed by atoms with Crippen LogP contribution in [0.15, 0.2) is 30.3 Å². The second-order valence-corrected chi connectivity index (χ2v) is 3.64. The molecule has 0 saturated carbocycles. The van der Waals surface area contributed by atoms with Crippen molar-refractivity contribution < 1.29 is 25.8 Å². The van der Waals surface area contributed by atoms with E-state index in [1.165, 1.54) is 34.7 Å². The Kier molecular flexibility index (Phi) is 8.91. The summed E-state index contributed by atoms with van der Waals surface area (Å²) in [5, 5.41) is 2.84. The van der Waals surface area contributed by atoms with E-state index in [0.717, 1.165) is 0 Å². The molecule has 2 aromatic carbocycles. The van der Waals surface area contributed by atoms with E-state index in [2.05, 4.69) is 44.2 Å². The number of aryl methyl sites for hydroxylation is 2. The molecule has 0 atom stereocenters. The predicted molar refractivity (Wildman–Crippen MR) is 71.1 cm³/mol. The summed E-state index contributed by atoms with van der Waals surface area (Å²) < 4.78 is 0. The number of benzene rings is 1. The van der Waals surface area contributed by atoms with Crippen molar-refractivity contribution in [2.45, 2.75) is 26.7 Å². The molecule has 0 bridgehead atoms. The van der Waals surface area contributed by atoms with Gasteiger partial charge < -0.3 is 14.9 Å². The molecule has 88 valence electrons. The van der Waals surface area contributed by atoms with Crippen LogP contribution in [-0.2, 0) is 32.3 Å². The van der Waals surface area contributed by atoms with Crippen molar-refractivity contribution >= 4 is 10.8 Å². The molecule has 2 rings (SSSR count). The minimum absolute atomic E-state index is 0. The quantitative estimate of drug-likeness (QED) is 0.523. The molecule has 0 aliphatic heterocycles. The summed E-state index contributed by atoms with van der Waals surface area (Å²) >= 11 is 0. The van der Waals surface area contributed by atoms with Crippen LogP contribution in [0.1, 0.15) is 24.5 Å². The molecule has 1 heteroatoms. The molecular weight excluding hydrogens is 359 g/mol. The first-order valence-corrected chi connectivity index (χ1v) is 4.97. The van der Waals surface area contributed by atoms with Crippen LogP contribution < -0.4 is 0 Å². The van der Waals surface area contributed by atoms with E-state index in [4.69, 9.17) is 0 Å². The van der Waals surface area contributed by atoms with Crippen molar-refractivity contribution in [3.8, 4) is 0 Å². The fourth-order valence-electron chi connectivity index (χ4n) is 2.01. The molecule has 0 fully saturated rings. The average molecular weight is 380 g/mol. The van der Waals surface area contributed by atoms with Crippen LogP contribution in [-0.4, -0.2) is 0 Å². The Morgan fingerprint density at radius 3 is 2.38 bits per heavy atom. The second-order valence-electron chi connectivity index (χ2n) is 3.64. The maximum atomic E-state index is 2.29. The minimum Gasteiger partial charge on any atom is -0.358 e. The zero-order chi connectivity index (χ0) is 9.26. The molecule has 0 nitrogen and oxygen atoms in total. The van der Waals surface area contributed by atoms with Crippen LogP contribution in [0.4, 0.5) is 0 Å². The first-order valence-electron chi connectivity index (χ1n) is 4.97. The SMILES string of the molecule is CCCc1c(C)[cH-]c2ccccc12.[CH3-].[CH3-].[Hf]. The molecule has 0 spiro atoms. The van der Waals surface area contributed by atoms with Crippen LogP contribution in [0, 0.1) is 21.8 Å². The van der Waals surface area contributed by atoms with Crippen molar-refractivity contribution in [3.05, 3.63) is 56.3 Å². The topological polar surface area (TPSA) is 0 Å². The van der Waals surface area contributed by atoms with Gasteiger partial charge in [-0.15, -0.1) is 40.6 Å². The Morgan fingerprint density at radius 1 is 1.12 bits per heavy atom. The fraction of sp³-hybridized carbons (Fsp3) is 0.267. The summed E-state index contributed by atoms with van der Waals surface area (Å²) in [6.07, 6.45) is 2.44. The Morgan fingerprint density at radius 2 is 1.75 bits per heavy atom. The molecule has 0 aromatic heterocycles. The van der Waals surface area contributed by atoms with E-state index in [1.807, 2.05) is 0 Å². The molecule has 0 amide bonds. The number of hydrogen-bond donors (Lipinski definition) is 0. The maximum Gasteiger partial charge on any atom is 0 e. The van der Waals surface area contributed by atoms with Crippen molar-refractivity contribution in [1.82, 2.24) is 0 Å². The van der Waals surface area contributed by atoms with Gasteiger partial charge in [0, 0.05) is 25.8 Å². The molecule has 0 N–H and O–H groups in total. The van der Waals surface area contributed by atoms with E-state index in [0.29, 0.717) is 0 Å². The number of hydrogen-bond acceptors (Lipinski definition) is 0. The predicted octanol–water partition coefficient (Wildman–Crippen LogP) is 4.72. The van der Waals surface area contributed by atoms with Gasteiger partial charge in [0.2, 0.25) is 0 Å². The van der Waals surface area contributed by atoms with Gasteiger partial charge in [-0.1, -0.05) is 32.8 Å². The van der Waals surface area contributed by atoms with Crippen LogP contribution in [0.3, 0.4) is 0 Å². The van der Waals surface area contributed by atoms with E-state index in [-0.39, 0.29) is 40.7 Å². The Bertz CT molecular complexity index is 412. The van der Waals surface area contributed by atoms with Gasteiger partial charge in [0.15, 0.2) is 0 Å². The van der Waals surface area contributed by atoms with Gasteiger partial charge in [-0.2, -0.15) is 5.56 Å². The van der Waals surface area contributed by atoms with Gasteiger partial charge in [-0.3, -0.25) is 0 Å². The zero-order valence-electron chi connectivity index (χ0n) is 10.8. The summed E-state index contributed by atoms with van der Waals surface area (Å²) in [7, 11) is 0. The largest absolute Gasteiger partial charge is 0.358 e. The van der Waals surface area contributed by atoms with Crippen molar-refractivity contribution in [3.63, 3.8) is 0 Å². The van der Waals surface area contributed by atoms with Gasteiger partial charge >= 0.3 is 0 Å². The van der Waals surface area contributed by atoms with E-state index in [9.17, 15) is 0 Å². The van der Waals surface area contributed by atoms with Gasteiger partial charge in [0.25, 0.3) is 0 Å². The fourth-order valence-corrected chi connectivity index (χ4v) is 2.01. The molecule has 0 radical (unpaired) electrons. The third-order valence-electron chi connectivity index (χ3n) is 2.63.